The zero-order chi connectivity index (χ0) is 22.8. The Hall–Kier alpha value is -2.01. The molecule has 21 heavy (non-hydrogen) atoms. The van der Waals surface area contributed by atoms with Crippen LogP contribution in [0.2, 0.25) is 0 Å². The van der Waals surface area contributed by atoms with Crippen molar-refractivity contribution in [2.24, 2.45) is 0 Å². The number of rotatable bonds is 5. The molecule has 0 spiro atoms. The number of hydrogen-bond donors (Lipinski definition) is 2. The summed E-state index contributed by atoms with van der Waals surface area (Å²) in [5.74, 6) is 0. The second-order valence-electron chi connectivity index (χ2n) is 4.92. The average Bonchev–Trinajstić information content (AvgIpc) is 3.02. The van der Waals surface area contributed by atoms with Crippen LogP contribution in [0.3, 0.4) is 0 Å². The zero-order valence-corrected chi connectivity index (χ0v) is 11.7. The number of amides is 1. The summed E-state index contributed by atoms with van der Waals surface area (Å²) in [5.41, 5.74) is -0.428. The van der Waals surface area contributed by atoms with E-state index in [0.29, 0.717) is 0 Å². The van der Waals surface area contributed by atoms with E-state index < -0.39 is 49.6 Å². The fourth-order valence-electron chi connectivity index (χ4n) is 1.91. The van der Waals surface area contributed by atoms with Gasteiger partial charge in [0.1, 0.15) is 6.56 Å². The molecule has 1 amide bonds. The van der Waals surface area contributed by atoms with E-state index in [1.54, 1.807) is 19.0 Å². The van der Waals surface area contributed by atoms with Crippen molar-refractivity contribution in [1.82, 2.24) is 15.2 Å². The van der Waals surface area contributed by atoms with Crippen molar-refractivity contribution in [3.05, 3.63) is 35.4 Å². The third-order valence-corrected chi connectivity index (χ3v) is 2.87. The van der Waals surface area contributed by atoms with Crippen LogP contribution in [-0.4, -0.2) is 49.2 Å². The fourth-order valence-corrected chi connectivity index (χ4v) is 1.91. The van der Waals surface area contributed by atoms with Gasteiger partial charge in [0.05, 0.1) is 15.6 Å². The highest BCUT2D eigenvalue weighted by Gasteiger charge is 2.22. The van der Waals surface area contributed by atoms with E-state index in [2.05, 4.69) is 9.72 Å². The Morgan fingerprint density at radius 2 is 2.48 bits per heavy atom. The van der Waals surface area contributed by atoms with E-state index in [1.807, 2.05) is 5.32 Å². The monoisotopic (exact) mass is 296 g/mol. The molecule has 1 saturated heterocycles. The molecular formula is C16H21N3O2. The number of nitrogens with zero attached hydrogens (tertiary/aromatic N) is 1. The molecule has 0 bridgehead atoms. The predicted molar refractivity (Wildman–Crippen MR) is 82.5 cm³/mol. The third kappa shape index (κ3) is 3.19. The maximum absolute atomic E-state index is 11.5. The third-order valence-electron chi connectivity index (χ3n) is 2.87. The number of carbonyl (C=O) groups excluding carboxylic acids is 1. The topological polar surface area (TPSA) is 57.4 Å². The lowest BCUT2D eigenvalue weighted by molar-refractivity contribution is 0.177. The molecular weight excluding hydrogens is 266 g/mol. The van der Waals surface area contributed by atoms with Crippen molar-refractivity contribution < 1.29 is 21.9 Å². The van der Waals surface area contributed by atoms with Crippen molar-refractivity contribution in [1.29, 1.82) is 0 Å². The molecule has 1 aliphatic heterocycles. The number of likely N-dealkylation sites (N-methyl/N-ethyl adjacent to an activating group) is 1. The molecule has 1 aliphatic rings. The number of benzene rings is 1. The summed E-state index contributed by atoms with van der Waals surface area (Å²) >= 11 is 0. The first-order chi connectivity index (χ1) is 13.6. The molecule has 2 aromatic rings. The van der Waals surface area contributed by atoms with E-state index in [1.165, 1.54) is 0 Å². The molecule has 0 radical (unpaired) electrons. The van der Waals surface area contributed by atoms with Gasteiger partial charge in [0, 0.05) is 26.4 Å². The van der Waals surface area contributed by atoms with Crippen LogP contribution in [0, 0.1) is 0 Å². The molecule has 2 heterocycles. The molecule has 2 N–H and O–H groups in total. The molecule has 0 aliphatic carbocycles. The minimum atomic E-state index is -2.75. The lowest BCUT2D eigenvalue weighted by atomic mass is 10.0. The number of aromatic amines is 1. The fraction of sp³-hybridized carbons (Fsp3) is 0.438. The molecule has 1 atom stereocenters. The van der Waals surface area contributed by atoms with E-state index in [9.17, 15) is 4.79 Å². The van der Waals surface area contributed by atoms with Gasteiger partial charge in [-0.2, -0.15) is 0 Å². The van der Waals surface area contributed by atoms with Gasteiger partial charge in [-0.05, 0) is 50.1 Å². The Morgan fingerprint density at radius 1 is 1.62 bits per heavy atom. The highest BCUT2D eigenvalue weighted by atomic mass is 16.6. The number of ether oxygens (including phenoxy) is 1. The van der Waals surface area contributed by atoms with Gasteiger partial charge in [-0.3, -0.25) is 0 Å². The van der Waals surface area contributed by atoms with Gasteiger partial charge in [-0.15, -0.1) is 0 Å². The Kier molecular flexibility index (Phi) is 1.88. The summed E-state index contributed by atoms with van der Waals surface area (Å²) in [5, 5.41) is 1.97. The summed E-state index contributed by atoms with van der Waals surface area (Å²) in [7, 11) is 3.30. The summed E-state index contributed by atoms with van der Waals surface area (Å²) < 4.78 is 78.5. The normalized spacial score (nSPS) is 31.0. The van der Waals surface area contributed by atoms with Crippen molar-refractivity contribution >= 4 is 17.0 Å². The van der Waals surface area contributed by atoms with E-state index in [-0.39, 0.29) is 34.7 Å². The number of aromatic nitrogens is 1. The van der Waals surface area contributed by atoms with Gasteiger partial charge in [0.15, 0.2) is 0 Å². The second-order valence-corrected chi connectivity index (χ2v) is 4.92. The molecule has 0 saturated carbocycles. The zero-order valence-electron chi connectivity index (χ0n) is 20.7. The van der Waals surface area contributed by atoms with Crippen LogP contribution >= 0.6 is 0 Å². The van der Waals surface area contributed by atoms with Gasteiger partial charge in [-0.25, -0.2) is 4.79 Å². The maximum Gasteiger partial charge on any atom is 0.407 e. The molecule has 5 heteroatoms. The highest BCUT2D eigenvalue weighted by molar-refractivity contribution is 5.84. The van der Waals surface area contributed by atoms with Crippen LogP contribution in [0.5, 0.6) is 0 Å². The number of fused-ring (bicyclic) bond motifs is 1. The second kappa shape index (κ2) is 5.77. The van der Waals surface area contributed by atoms with Crippen LogP contribution in [-0.2, 0) is 17.5 Å². The molecule has 3 rings (SSSR count). The van der Waals surface area contributed by atoms with Crippen molar-refractivity contribution in [3.8, 4) is 0 Å². The van der Waals surface area contributed by atoms with Crippen molar-refractivity contribution in [2.75, 3.05) is 27.2 Å². The lowest BCUT2D eigenvalue weighted by Gasteiger charge is -2.09. The van der Waals surface area contributed by atoms with Crippen molar-refractivity contribution in [3.63, 3.8) is 0 Å². The quantitative estimate of drug-likeness (QED) is 0.886. The summed E-state index contributed by atoms with van der Waals surface area (Å²) in [6.07, 6.45) is -4.21. The number of H-pyrrole nitrogens is 1. The largest absolute Gasteiger partial charge is 0.447 e. The van der Waals surface area contributed by atoms with Crippen LogP contribution in [0.1, 0.15) is 23.5 Å². The minimum absolute atomic E-state index is 0.0508. The number of alkyl carbamates (subject to hydrolysis) is 1. The molecule has 1 fully saturated rings. The Bertz CT molecular complexity index is 1040. The molecule has 5 nitrogen and oxygen atoms in total. The summed E-state index contributed by atoms with van der Waals surface area (Å²) in [6, 6.07) is -3.64. The number of nitrogens with one attached hydrogen (secondary N) is 2. The maximum atomic E-state index is 11.5. The molecule has 1 aromatic heterocycles. The standard InChI is InChI=1S/C16H21N3O2/c1-19(2)6-5-12-9-17-15-4-3-11(8-14(12)15)7-13-10-21-16(20)18-13/h3-4,8-9,13,17H,5-7,10H2,1-2H3,(H,18,20)/t13-/m0/s1/i3D,4D,5D2,8D,9D,10D2,13D. The number of cyclic esters (lactones) is 1. The van der Waals surface area contributed by atoms with Gasteiger partial charge in [0.2, 0.25) is 0 Å². The Balaban J connectivity index is 2.25. The van der Waals surface area contributed by atoms with Gasteiger partial charge in [-0.1, -0.05) is 6.04 Å². The molecule has 0 unspecified atom stereocenters. The van der Waals surface area contributed by atoms with Crippen LogP contribution in [0.25, 0.3) is 10.9 Å². The Labute approximate surface area is 136 Å². The predicted octanol–water partition coefficient (Wildman–Crippen LogP) is 1.92. The van der Waals surface area contributed by atoms with Gasteiger partial charge >= 0.3 is 6.09 Å². The van der Waals surface area contributed by atoms with Crippen LogP contribution < -0.4 is 5.32 Å². The minimum Gasteiger partial charge on any atom is -0.447 e. The van der Waals surface area contributed by atoms with E-state index >= 15 is 0 Å². The van der Waals surface area contributed by atoms with Gasteiger partial charge in [0.25, 0.3) is 0 Å². The van der Waals surface area contributed by atoms with E-state index in [0.717, 1.165) is 0 Å². The van der Waals surface area contributed by atoms with Crippen molar-refractivity contribution in [2.45, 2.75) is 18.8 Å². The van der Waals surface area contributed by atoms with Crippen LogP contribution in [0.4, 0.5) is 4.79 Å². The lowest BCUT2D eigenvalue weighted by Crippen LogP contribution is -2.28. The van der Waals surface area contributed by atoms with Gasteiger partial charge < -0.3 is 19.9 Å². The number of carbonyl (C=O) groups is 1. The molecule has 112 valence electrons. The smallest absolute Gasteiger partial charge is 0.407 e. The van der Waals surface area contributed by atoms with E-state index in [4.69, 9.17) is 12.3 Å². The first-order valence-electron chi connectivity index (χ1n) is 10.9. The Morgan fingerprint density at radius 3 is 3.19 bits per heavy atom. The van der Waals surface area contributed by atoms with Crippen LogP contribution in [0.15, 0.2) is 24.3 Å². The summed E-state index contributed by atoms with van der Waals surface area (Å²) in [4.78, 5) is 15.6. The molecule has 1 aromatic carbocycles. The average molecular weight is 296 g/mol. The number of hydrogen-bond acceptors (Lipinski definition) is 3. The first kappa shape index (κ1) is 6.83. The summed E-state index contributed by atoms with van der Waals surface area (Å²) in [6.45, 7) is -2.85. The SMILES string of the molecule is [2H]c1[nH]c2c([2H])c([2H])c(C[C@]3([2H])NC(=O)OC3([2H])[2H])c([2H])c2c1C([2H])([2H])CN(C)C. The highest BCUT2D eigenvalue weighted by Crippen LogP contribution is 2.21. The first-order valence-corrected chi connectivity index (χ1v) is 6.38.